The van der Waals surface area contributed by atoms with E-state index in [2.05, 4.69) is 24.4 Å². The zero-order valence-corrected chi connectivity index (χ0v) is 9.83. The van der Waals surface area contributed by atoms with Crippen molar-refractivity contribution in [2.75, 3.05) is 6.54 Å². The number of rotatable bonds is 5. The first-order valence-electron chi connectivity index (χ1n) is 5.53. The maximum Gasteiger partial charge on any atom is 0.0715 e. The third kappa shape index (κ3) is 4.45. The zero-order valence-electron chi connectivity index (χ0n) is 9.83. The quantitative estimate of drug-likeness (QED) is 0.777. The average molecular weight is 207 g/mol. The molecule has 15 heavy (non-hydrogen) atoms. The molecule has 0 bridgehead atoms. The lowest BCUT2D eigenvalue weighted by molar-refractivity contribution is 0.0762. The van der Waals surface area contributed by atoms with Gasteiger partial charge in [-0.1, -0.05) is 37.3 Å². The topological polar surface area (TPSA) is 32.3 Å². The lowest BCUT2D eigenvalue weighted by Crippen LogP contribution is -2.36. The van der Waals surface area contributed by atoms with Crippen LogP contribution in [0.15, 0.2) is 30.3 Å². The van der Waals surface area contributed by atoms with E-state index in [0.29, 0.717) is 12.6 Å². The van der Waals surface area contributed by atoms with Gasteiger partial charge in [0.15, 0.2) is 0 Å². The van der Waals surface area contributed by atoms with Crippen LogP contribution in [0, 0.1) is 0 Å². The fraction of sp³-hybridized carbons (Fsp3) is 0.538. The predicted octanol–water partition coefficient (Wildman–Crippen LogP) is 2.50. The van der Waals surface area contributed by atoms with Crippen molar-refractivity contribution in [3.8, 4) is 0 Å². The van der Waals surface area contributed by atoms with Crippen molar-refractivity contribution in [1.29, 1.82) is 0 Å². The van der Waals surface area contributed by atoms with E-state index in [9.17, 15) is 5.11 Å². The van der Waals surface area contributed by atoms with Crippen LogP contribution in [0.5, 0.6) is 0 Å². The van der Waals surface area contributed by atoms with Crippen LogP contribution < -0.4 is 5.32 Å². The molecule has 2 N–H and O–H groups in total. The van der Waals surface area contributed by atoms with E-state index in [4.69, 9.17) is 0 Å². The van der Waals surface area contributed by atoms with E-state index in [1.807, 2.05) is 32.0 Å². The summed E-state index contributed by atoms with van der Waals surface area (Å²) >= 11 is 0. The third-order valence-electron chi connectivity index (χ3n) is 2.39. The SMILES string of the molecule is CCC(NCC(C)(C)O)c1ccccc1. The Balaban J connectivity index is 2.58. The molecule has 0 spiro atoms. The molecule has 0 aliphatic rings. The van der Waals surface area contributed by atoms with Gasteiger partial charge in [0.1, 0.15) is 0 Å². The molecule has 0 fully saturated rings. The number of benzene rings is 1. The maximum absolute atomic E-state index is 9.65. The van der Waals surface area contributed by atoms with Gasteiger partial charge < -0.3 is 10.4 Å². The summed E-state index contributed by atoms with van der Waals surface area (Å²) < 4.78 is 0. The first-order valence-corrected chi connectivity index (χ1v) is 5.53. The second-order valence-corrected chi connectivity index (χ2v) is 4.56. The summed E-state index contributed by atoms with van der Waals surface area (Å²) in [6.45, 7) is 6.39. The lowest BCUT2D eigenvalue weighted by atomic mass is 10.0. The van der Waals surface area contributed by atoms with E-state index in [0.717, 1.165) is 6.42 Å². The van der Waals surface area contributed by atoms with Gasteiger partial charge in [-0.2, -0.15) is 0 Å². The van der Waals surface area contributed by atoms with Crippen molar-refractivity contribution in [2.24, 2.45) is 0 Å². The van der Waals surface area contributed by atoms with E-state index in [1.54, 1.807) is 0 Å². The minimum atomic E-state index is -0.651. The molecule has 1 atom stereocenters. The van der Waals surface area contributed by atoms with Crippen molar-refractivity contribution < 1.29 is 5.11 Å². The standard InChI is InChI=1S/C13H21NO/c1-4-12(14-10-13(2,3)15)11-8-6-5-7-9-11/h5-9,12,14-15H,4,10H2,1-3H3. The Hall–Kier alpha value is -0.860. The van der Waals surface area contributed by atoms with E-state index < -0.39 is 5.60 Å². The second kappa shape index (κ2) is 5.29. The van der Waals surface area contributed by atoms with Crippen LogP contribution in [0.3, 0.4) is 0 Å². The molecular formula is C13H21NO. The molecule has 1 rings (SSSR count). The van der Waals surface area contributed by atoms with Crippen molar-refractivity contribution >= 4 is 0 Å². The van der Waals surface area contributed by atoms with Crippen LogP contribution in [0.1, 0.15) is 38.8 Å². The Bertz CT molecular complexity index is 276. The molecule has 0 heterocycles. The summed E-state index contributed by atoms with van der Waals surface area (Å²) in [6.07, 6.45) is 1.03. The molecule has 0 radical (unpaired) electrons. The Labute approximate surface area is 92.3 Å². The monoisotopic (exact) mass is 207 g/mol. The summed E-state index contributed by atoms with van der Waals surface area (Å²) in [6, 6.07) is 10.7. The summed E-state index contributed by atoms with van der Waals surface area (Å²) in [7, 11) is 0. The van der Waals surface area contributed by atoms with Crippen LogP contribution in [0.2, 0.25) is 0 Å². The van der Waals surface area contributed by atoms with Crippen LogP contribution in [0.4, 0.5) is 0 Å². The van der Waals surface area contributed by atoms with Gasteiger partial charge in [0.25, 0.3) is 0 Å². The highest BCUT2D eigenvalue weighted by Crippen LogP contribution is 2.16. The van der Waals surface area contributed by atoms with Gasteiger partial charge >= 0.3 is 0 Å². The van der Waals surface area contributed by atoms with Crippen LogP contribution in [-0.4, -0.2) is 17.3 Å². The zero-order chi connectivity index (χ0) is 11.3. The molecule has 2 nitrogen and oxygen atoms in total. The Morgan fingerprint density at radius 3 is 2.33 bits per heavy atom. The summed E-state index contributed by atoms with van der Waals surface area (Å²) in [4.78, 5) is 0. The molecule has 0 aliphatic heterocycles. The Kier molecular flexibility index (Phi) is 4.30. The van der Waals surface area contributed by atoms with Gasteiger partial charge in [0.05, 0.1) is 5.60 Å². The fourth-order valence-electron chi connectivity index (χ4n) is 1.56. The van der Waals surface area contributed by atoms with Gasteiger partial charge in [-0.25, -0.2) is 0 Å². The maximum atomic E-state index is 9.65. The molecule has 1 aromatic carbocycles. The van der Waals surface area contributed by atoms with Gasteiger partial charge in [-0.05, 0) is 25.8 Å². The largest absolute Gasteiger partial charge is 0.389 e. The van der Waals surface area contributed by atoms with Crippen LogP contribution >= 0.6 is 0 Å². The molecule has 84 valence electrons. The molecule has 0 amide bonds. The van der Waals surface area contributed by atoms with Crippen molar-refractivity contribution in [2.45, 2.75) is 38.8 Å². The predicted molar refractivity (Wildman–Crippen MR) is 63.8 cm³/mol. The normalized spacial score (nSPS) is 13.9. The smallest absolute Gasteiger partial charge is 0.0715 e. The third-order valence-corrected chi connectivity index (χ3v) is 2.39. The highest BCUT2D eigenvalue weighted by molar-refractivity contribution is 5.18. The van der Waals surface area contributed by atoms with Gasteiger partial charge in [0, 0.05) is 12.6 Å². The first-order chi connectivity index (χ1) is 7.03. The summed E-state index contributed by atoms with van der Waals surface area (Å²) in [5.41, 5.74) is 0.631. The summed E-state index contributed by atoms with van der Waals surface area (Å²) in [5, 5.41) is 13.0. The van der Waals surface area contributed by atoms with Crippen molar-refractivity contribution in [3.05, 3.63) is 35.9 Å². The van der Waals surface area contributed by atoms with Crippen molar-refractivity contribution in [3.63, 3.8) is 0 Å². The Morgan fingerprint density at radius 1 is 1.27 bits per heavy atom. The first kappa shape index (κ1) is 12.2. The molecule has 2 heteroatoms. The van der Waals surface area contributed by atoms with Gasteiger partial charge in [-0.15, -0.1) is 0 Å². The molecular weight excluding hydrogens is 186 g/mol. The Morgan fingerprint density at radius 2 is 1.87 bits per heavy atom. The minimum absolute atomic E-state index is 0.331. The number of hydrogen-bond donors (Lipinski definition) is 2. The highest BCUT2D eigenvalue weighted by atomic mass is 16.3. The molecule has 1 aromatic rings. The van der Waals surface area contributed by atoms with Crippen LogP contribution in [0.25, 0.3) is 0 Å². The fourth-order valence-corrected chi connectivity index (χ4v) is 1.56. The van der Waals surface area contributed by atoms with Crippen LogP contribution in [-0.2, 0) is 0 Å². The molecule has 1 unspecified atom stereocenters. The number of hydrogen-bond acceptors (Lipinski definition) is 2. The average Bonchev–Trinajstić information content (AvgIpc) is 2.19. The second-order valence-electron chi connectivity index (χ2n) is 4.56. The molecule has 0 saturated heterocycles. The van der Waals surface area contributed by atoms with Gasteiger partial charge in [0.2, 0.25) is 0 Å². The molecule has 0 aliphatic carbocycles. The lowest BCUT2D eigenvalue weighted by Gasteiger charge is -2.23. The number of nitrogens with one attached hydrogen (secondary N) is 1. The van der Waals surface area contributed by atoms with Crippen molar-refractivity contribution in [1.82, 2.24) is 5.32 Å². The summed E-state index contributed by atoms with van der Waals surface area (Å²) in [5.74, 6) is 0. The number of aliphatic hydroxyl groups is 1. The van der Waals surface area contributed by atoms with E-state index in [-0.39, 0.29) is 0 Å². The molecule has 0 saturated carbocycles. The van der Waals surface area contributed by atoms with E-state index >= 15 is 0 Å². The molecule has 0 aromatic heterocycles. The highest BCUT2D eigenvalue weighted by Gasteiger charge is 2.15. The van der Waals surface area contributed by atoms with Gasteiger partial charge in [-0.3, -0.25) is 0 Å². The minimum Gasteiger partial charge on any atom is -0.389 e. The van der Waals surface area contributed by atoms with E-state index in [1.165, 1.54) is 5.56 Å².